The summed E-state index contributed by atoms with van der Waals surface area (Å²) in [6.45, 7) is 4.07. The molecule has 1 atom stereocenters. The Labute approximate surface area is 129 Å². The van der Waals surface area contributed by atoms with Crippen LogP contribution in [0.1, 0.15) is 43.5 Å². The fraction of sp³-hybridized carbons (Fsp3) is 0.500. The molecular weight excluding hydrogens is 314 g/mol. The van der Waals surface area contributed by atoms with Gasteiger partial charge in [-0.05, 0) is 36.5 Å². The van der Waals surface area contributed by atoms with E-state index in [-0.39, 0.29) is 26.9 Å². The number of benzene rings is 1. The fourth-order valence-electron chi connectivity index (χ4n) is 2.64. The van der Waals surface area contributed by atoms with Gasteiger partial charge in [-0.1, -0.05) is 31.9 Å². The van der Waals surface area contributed by atoms with Crippen molar-refractivity contribution in [3.8, 4) is 0 Å². The molecule has 116 valence electrons. The van der Waals surface area contributed by atoms with Gasteiger partial charge in [-0.3, -0.25) is 0 Å². The molecule has 0 saturated heterocycles. The standard InChI is InChI=1S/C14H18ClNO4S/c1-14(2)7-3-4-12(14)16-21(19,20)9-5-6-10(13(17)18)11(15)8-9/h5-6,8,12,16H,3-4,7H2,1-2H3,(H,17,18). The van der Waals surface area contributed by atoms with Gasteiger partial charge < -0.3 is 5.11 Å². The van der Waals surface area contributed by atoms with Gasteiger partial charge in [0, 0.05) is 6.04 Å². The largest absolute Gasteiger partial charge is 0.478 e. The third-order valence-corrected chi connectivity index (χ3v) is 5.82. The Morgan fingerprint density at radius 3 is 2.57 bits per heavy atom. The van der Waals surface area contributed by atoms with E-state index in [0.717, 1.165) is 19.3 Å². The zero-order valence-electron chi connectivity index (χ0n) is 11.9. The maximum atomic E-state index is 12.4. The number of hydrogen-bond donors (Lipinski definition) is 2. The van der Waals surface area contributed by atoms with Crippen molar-refractivity contribution in [2.24, 2.45) is 5.41 Å². The summed E-state index contributed by atoms with van der Waals surface area (Å²) in [5, 5.41) is 8.82. The molecule has 2 rings (SSSR count). The maximum Gasteiger partial charge on any atom is 0.337 e. The van der Waals surface area contributed by atoms with Crippen molar-refractivity contribution in [3.05, 3.63) is 28.8 Å². The molecule has 1 unspecified atom stereocenters. The molecule has 0 aromatic heterocycles. The van der Waals surface area contributed by atoms with Gasteiger partial charge in [-0.25, -0.2) is 17.9 Å². The van der Waals surface area contributed by atoms with Gasteiger partial charge in [-0.15, -0.1) is 0 Å². The Morgan fingerprint density at radius 2 is 2.10 bits per heavy atom. The first-order valence-electron chi connectivity index (χ1n) is 6.69. The van der Waals surface area contributed by atoms with Gasteiger partial charge in [0.1, 0.15) is 0 Å². The smallest absolute Gasteiger partial charge is 0.337 e. The number of halogens is 1. The topological polar surface area (TPSA) is 83.5 Å². The van der Waals surface area contributed by atoms with Crippen LogP contribution in [0, 0.1) is 5.41 Å². The lowest BCUT2D eigenvalue weighted by atomic mass is 9.88. The zero-order valence-corrected chi connectivity index (χ0v) is 13.5. The van der Waals surface area contributed by atoms with Crippen LogP contribution < -0.4 is 4.72 Å². The number of carboxylic acids is 1. The molecule has 0 radical (unpaired) electrons. The van der Waals surface area contributed by atoms with Gasteiger partial charge in [0.25, 0.3) is 0 Å². The van der Waals surface area contributed by atoms with Gasteiger partial charge in [0.05, 0.1) is 15.5 Å². The summed E-state index contributed by atoms with van der Waals surface area (Å²) in [6.07, 6.45) is 2.75. The number of hydrogen-bond acceptors (Lipinski definition) is 3. The van der Waals surface area contributed by atoms with E-state index in [1.54, 1.807) is 0 Å². The predicted octanol–water partition coefficient (Wildman–Crippen LogP) is 2.90. The van der Waals surface area contributed by atoms with Crippen LogP contribution in [0.25, 0.3) is 0 Å². The highest BCUT2D eigenvalue weighted by atomic mass is 35.5. The van der Waals surface area contributed by atoms with E-state index in [0.29, 0.717) is 0 Å². The van der Waals surface area contributed by atoms with E-state index in [4.69, 9.17) is 16.7 Å². The van der Waals surface area contributed by atoms with Gasteiger partial charge >= 0.3 is 5.97 Å². The molecule has 1 fully saturated rings. The summed E-state index contributed by atoms with van der Waals surface area (Å²) < 4.78 is 27.5. The van der Waals surface area contributed by atoms with Crippen LogP contribution in [0.15, 0.2) is 23.1 Å². The van der Waals surface area contributed by atoms with E-state index < -0.39 is 16.0 Å². The Bertz CT molecular complexity index is 670. The van der Waals surface area contributed by atoms with Crippen molar-refractivity contribution in [1.82, 2.24) is 4.72 Å². The first-order chi connectivity index (χ1) is 9.63. The predicted molar refractivity (Wildman–Crippen MR) is 80.2 cm³/mol. The Balaban J connectivity index is 2.28. The molecule has 1 aliphatic rings. The summed E-state index contributed by atoms with van der Waals surface area (Å²) in [4.78, 5) is 10.9. The van der Waals surface area contributed by atoms with Gasteiger partial charge in [0.2, 0.25) is 10.0 Å². The molecule has 0 bridgehead atoms. The molecule has 0 aliphatic heterocycles. The van der Waals surface area contributed by atoms with E-state index >= 15 is 0 Å². The summed E-state index contributed by atoms with van der Waals surface area (Å²) >= 11 is 5.83. The van der Waals surface area contributed by atoms with Crippen LogP contribution in [0.5, 0.6) is 0 Å². The molecule has 7 heteroatoms. The van der Waals surface area contributed by atoms with Crippen molar-refractivity contribution in [1.29, 1.82) is 0 Å². The minimum absolute atomic E-state index is 0.0137. The third kappa shape index (κ3) is 3.39. The second-order valence-corrected chi connectivity index (χ2v) is 8.12. The molecule has 2 N–H and O–H groups in total. The lowest BCUT2D eigenvalue weighted by Crippen LogP contribution is -2.41. The zero-order chi connectivity index (χ0) is 15.8. The average molecular weight is 332 g/mol. The Hall–Kier alpha value is -1.11. The highest BCUT2D eigenvalue weighted by Crippen LogP contribution is 2.38. The Kier molecular flexibility index (Phi) is 4.33. The normalized spacial score (nSPS) is 21.4. The summed E-state index contributed by atoms with van der Waals surface area (Å²) in [7, 11) is -3.71. The molecule has 0 heterocycles. The number of aromatic carboxylic acids is 1. The molecular formula is C14H18ClNO4S. The second-order valence-electron chi connectivity index (χ2n) is 6.00. The van der Waals surface area contributed by atoms with Crippen molar-refractivity contribution < 1.29 is 18.3 Å². The van der Waals surface area contributed by atoms with Crippen LogP contribution in [0.4, 0.5) is 0 Å². The van der Waals surface area contributed by atoms with Crippen molar-refractivity contribution in [3.63, 3.8) is 0 Å². The molecule has 1 aromatic rings. The third-order valence-electron chi connectivity index (χ3n) is 4.04. The fourth-order valence-corrected chi connectivity index (χ4v) is 4.43. The number of carbonyl (C=O) groups is 1. The lowest BCUT2D eigenvalue weighted by molar-refractivity contribution is 0.0697. The number of sulfonamides is 1. The summed E-state index contributed by atoms with van der Waals surface area (Å²) in [5.74, 6) is -1.19. The van der Waals surface area contributed by atoms with E-state index in [2.05, 4.69) is 4.72 Å². The molecule has 5 nitrogen and oxygen atoms in total. The van der Waals surface area contributed by atoms with E-state index in [1.807, 2.05) is 13.8 Å². The number of carboxylic acid groups (broad SMARTS) is 1. The minimum Gasteiger partial charge on any atom is -0.478 e. The van der Waals surface area contributed by atoms with E-state index in [1.165, 1.54) is 18.2 Å². The van der Waals surface area contributed by atoms with E-state index in [9.17, 15) is 13.2 Å². The first-order valence-corrected chi connectivity index (χ1v) is 8.55. The van der Waals surface area contributed by atoms with Crippen LogP contribution in [0.3, 0.4) is 0 Å². The quantitative estimate of drug-likeness (QED) is 0.888. The number of nitrogens with one attached hydrogen (secondary N) is 1. The van der Waals surface area contributed by atoms with Crippen molar-refractivity contribution >= 4 is 27.6 Å². The highest BCUT2D eigenvalue weighted by molar-refractivity contribution is 7.89. The van der Waals surface area contributed by atoms with Gasteiger partial charge in [-0.2, -0.15) is 0 Å². The van der Waals surface area contributed by atoms with Crippen LogP contribution in [-0.4, -0.2) is 25.5 Å². The second kappa shape index (κ2) is 5.59. The average Bonchev–Trinajstić information content (AvgIpc) is 2.67. The van der Waals surface area contributed by atoms with Crippen molar-refractivity contribution in [2.45, 2.75) is 44.0 Å². The van der Waals surface area contributed by atoms with Crippen LogP contribution >= 0.6 is 11.6 Å². The monoisotopic (exact) mass is 331 g/mol. The molecule has 0 spiro atoms. The van der Waals surface area contributed by atoms with Crippen LogP contribution in [-0.2, 0) is 10.0 Å². The number of rotatable bonds is 4. The molecule has 1 aromatic carbocycles. The van der Waals surface area contributed by atoms with Crippen molar-refractivity contribution in [2.75, 3.05) is 0 Å². The molecule has 21 heavy (non-hydrogen) atoms. The molecule has 1 aliphatic carbocycles. The molecule has 0 amide bonds. The molecule has 1 saturated carbocycles. The summed E-state index contributed by atoms with van der Waals surface area (Å²) in [6, 6.07) is 3.52. The first kappa shape index (κ1) is 16.3. The maximum absolute atomic E-state index is 12.4. The van der Waals surface area contributed by atoms with Crippen LogP contribution in [0.2, 0.25) is 5.02 Å². The summed E-state index contributed by atoms with van der Waals surface area (Å²) in [5.41, 5.74) is -0.200. The minimum atomic E-state index is -3.71. The SMILES string of the molecule is CC1(C)CCCC1NS(=O)(=O)c1ccc(C(=O)O)c(Cl)c1. The van der Waals surface area contributed by atoms with Gasteiger partial charge in [0.15, 0.2) is 0 Å². The highest BCUT2D eigenvalue weighted by Gasteiger charge is 2.37. The lowest BCUT2D eigenvalue weighted by Gasteiger charge is -2.27. The Morgan fingerprint density at radius 1 is 1.43 bits per heavy atom.